The molecule has 0 saturated heterocycles. The summed E-state index contributed by atoms with van der Waals surface area (Å²) in [6.45, 7) is 6.89. The van der Waals surface area contributed by atoms with Gasteiger partial charge in [0, 0.05) is 23.7 Å². The fourth-order valence-electron chi connectivity index (χ4n) is 2.17. The highest BCUT2D eigenvalue weighted by Gasteiger charge is 2.15. The summed E-state index contributed by atoms with van der Waals surface area (Å²) in [5.74, 6) is 0.326. The fraction of sp³-hybridized carbons (Fsp3) is 0.444. The van der Waals surface area contributed by atoms with Crippen LogP contribution in [0.15, 0.2) is 29.4 Å². The van der Waals surface area contributed by atoms with Crippen LogP contribution in [-0.2, 0) is 20.9 Å². The van der Waals surface area contributed by atoms with Gasteiger partial charge in [-0.05, 0) is 37.1 Å². The molecule has 7 nitrogen and oxygen atoms in total. The minimum atomic E-state index is -0.474. The maximum atomic E-state index is 11.9. The lowest BCUT2D eigenvalue weighted by molar-refractivity contribution is -0.145. The van der Waals surface area contributed by atoms with Gasteiger partial charge in [0.1, 0.15) is 0 Å². The van der Waals surface area contributed by atoms with Gasteiger partial charge in [0.15, 0.2) is 17.6 Å². The molecule has 0 aliphatic rings. The van der Waals surface area contributed by atoms with Gasteiger partial charge in [-0.1, -0.05) is 37.2 Å². The molecule has 0 fully saturated rings. The third-order valence-electron chi connectivity index (χ3n) is 3.53. The van der Waals surface area contributed by atoms with Gasteiger partial charge < -0.3 is 14.6 Å². The van der Waals surface area contributed by atoms with Crippen LogP contribution in [0.4, 0.5) is 0 Å². The van der Waals surface area contributed by atoms with Crippen molar-refractivity contribution >= 4 is 35.2 Å². The van der Waals surface area contributed by atoms with E-state index in [0.717, 1.165) is 5.56 Å². The SMILES string of the molecule is CCn1c(SCC(=O)OCC(=O)NCC(C)C)nnc1-c1ccc(Cl)cc1. The molecule has 2 aromatic rings. The third kappa shape index (κ3) is 6.55. The van der Waals surface area contributed by atoms with E-state index in [1.165, 1.54) is 11.8 Å². The van der Waals surface area contributed by atoms with Crippen LogP contribution in [-0.4, -0.2) is 45.5 Å². The van der Waals surface area contributed by atoms with E-state index < -0.39 is 5.97 Å². The summed E-state index contributed by atoms with van der Waals surface area (Å²) in [6.07, 6.45) is 0. The molecule has 0 aliphatic heterocycles. The summed E-state index contributed by atoms with van der Waals surface area (Å²) in [5, 5.41) is 12.3. The number of aromatic nitrogens is 3. The van der Waals surface area contributed by atoms with Gasteiger partial charge in [0.05, 0.1) is 5.75 Å². The molecule has 9 heteroatoms. The Hall–Kier alpha value is -2.06. The lowest BCUT2D eigenvalue weighted by atomic mass is 10.2. The Bertz CT molecular complexity index is 777. The number of nitrogens with one attached hydrogen (secondary N) is 1. The number of esters is 1. The molecule has 146 valence electrons. The molecule has 0 saturated carbocycles. The lowest BCUT2D eigenvalue weighted by Crippen LogP contribution is -2.31. The van der Waals surface area contributed by atoms with E-state index >= 15 is 0 Å². The second-order valence-electron chi connectivity index (χ2n) is 6.20. The van der Waals surface area contributed by atoms with Crippen molar-refractivity contribution in [2.75, 3.05) is 18.9 Å². The van der Waals surface area contributed by atoms with Crippen LogP contribution in [0.1, 0.15) is 20.8 Å². The smallest absolute Gasteiger partial charge is 0.316 e. The minimum Gasteiger partial charge on any atom is -0.455 e. The maximum absolute atomic E-state index is 11.9. The third-order valence-corrected chi connectivity index (χ3v) is 4.72. The Labute approximate surface area is 167 Å². The largest absolute Gasteiger partial charge is 0.455 e. The molecule has 2 rings (SSSR count). The predicted octanol–water partition coefficient (Wildman–Crippen LogP) is 3.03. The van der Waals surface area contributed by atoms with Crippen LogP contribution < -0.4 is 5.32 Å². The summed E-state index contributed by atoms with van der Waals surface area (Å²) in [4.78, 5) is 23.5. The van der Waals surface area contributed by atoms with Crippen LogP contribution in [0.5, 0.6) is 0 Å². The van der Waals surface area contributed by atoms with E-state index in [4.69, 9.17) is 16.3 Å². The van der Waals surface area contributed by atoms with Gasteiger partial charge >= 0.3 is 5.97 Å². The van der Waals surface area contributed by atoms with Crippen LogP contribution in [0, 0.1) is 5.92 Å². The van der Waals surface area contributed by atoms with Gasteiger partial charge in [-0.15, -0.1) is 10.2 Å². The monoisotopic (exact) mass is 410 g/mol. The number of carbonyl (C=O) groups excluding carboxylic acids is 2. The molecule has 1 aromatic heterocycles. The van der Waals surface area contributed by atoms with Crippen molar-refractivity contribution in [2.24, 2.45) is 5.92 Å². The zero-order valence-corrected chi connectivity index (χ0v) is 17.1. The highest BCUT2D eigenvalue weighted by Crippen LogP contribution is 2.25. The molecule has 1 aromatic carbocycles. The molecule has 27 heavy (non-hydrogen) atoms. The molecular formula is C18H23ClN4O3S. The van der Waals surface area contributed by atoms with Crippen molar-refractivity contribution in [3.8, 4) is 11.4 Å². The summed E-state index contributed by atoms with van der Waals surface area (Å²) in [6, 6.07) is 7.33. The lowest BCUT2D eigenvalue weighted by Gasteiger charge is -2.09. The Kier molecular flexibility index (Phi) is 8.12. The van der Waals surface area contributed by atoms with E-state index in [1.807, 2.05) is 37.5 Å². The number of hydrogen-bond donors (Lipinski definition) is 1. The molecule has 1 heterocycles. The summed E-state index contributed by atoms with van der Waals surface area (Å²) < 4.78 is 6.91. The molecule has 0 aliphatic carbocycles. The van der Waals surface area contributed by atoms with Crippen LogP contribution in [0.2, 0.25) is 5.02 Å². The fourth-order valence-corrected chi connectivity index (χ4v) is 3.10. The summed E-state index contributed by atoms with van der Waals surface area (Å²) in [5.41, 5.74) is 0.894. The van der Waals surface area contributed by atoms with Crippen LogP contribution >= 0.6 is 23.4 Å². The van der Waals surface area contributed by atoms with E-state index in [-0.39, 0.29) is 18.3 Å². The van der Waals surface area contributed by atoms with E-state index in [0.29, 0.717) is 35.0 Å². The van der Waals surface area contributed by atoms with Gasteiger partial charge in [0.2, 0.25) is 0 Å². The van der Waals surface area contributed by atoms with Crippen molar-refractivity contribution < 1.29 is 14.3 Å². The first-order valence-electron chi connectivity index (χ1n) is 8.65. The Morgan fingerprint density at radius 3 is 2.59 bits per heavy atom. The van der Waals surface area contributed by atoms with Crippen LogP contribution in [0.3, 0.4) is 0 Å². The number of nitrogens with zero attached hydrogens (tertiary/aromatic N) is 3. The average Bonchev–Trinajstić information content (AvgIpc) is 3.06. The Morgan fingerprint density at radius 2 is 1.96 bits per heavy atom. The maximum Gasteiger partial charge on any atom is 0.316 e. The Balaban J connectivity index is 1.89. The zero-order valence-electron chi connectivity index (χ0n) is 15.6. The van der Waals surface area contributed by atoms with Gasteiger partial charge in [-0.2, -0.15) is 0 Å². The van der Waals surface area contributed by atoms with E-state index in [2.05, 4.69) is 15.5 Å². The molecule has 1 N–H and O–H groups in total. The molecule has 0 unspecified atom stereocenters. The van der Waals surface area contributed by atoms with Gasteiger partial charge in [-0.3, -0.25) is 9.59 Å². The number of hydrogen-bond acceptors (Lipinski definition) is 6. The van der Waals surface area contributed by atoms with Gasteiger partial charge in [0.25, 0.3) is 5.91 Å². The van der Waals surface area contributed by atoms with Crippen molar-refractivity contribution in [1.29, 1.82) is 0 Å². The first-order valence-corrected chi connectivity index (χ1v) is 10.0. The normalized spacial score (nSPS) is 10.9. The summed E-state index contributed by atoms with van der Waals surface area (Å²) in [7, 11) is 0. The molecule has 0 spiro atoms. The number of thioether (sulfide) groups is 1. The van der Waals surface area contributed by atoms with Crippen molar-refractivity contribution in [3.05, 3.63) is 29.3 Å². The van der Waals surface area contributed by atoms with Gasteiger partial charge in [-0.25, -0.2) is 0 Å². The molecule has 0 radical (unpaired) electrons. The van der Waals surface area contributed by atoms with Crippen molar-refractivity contribution in [1.82, 2.24) is 20.1 Å². The second kappa shape index (κ2) is 10.3. The standard InChI is InChI=1S/C18H23ClN4O3S/c1-4-23-17(13-5-7-14(19)8-6-13)21-22-18(23)27-11-16(25)26-10-15(24)20-9-12(2)3/h5-8,12H,4,9-11H2,1-3H3,(H,20,24). The minimum absolute atomic E-state index is 0.0518. The highest BCUT2D eigenvalue weighted by atomic mass is 35.5. The van der Waals surface area contributed by atoms with Crippen molar-refractivity contribution in [3.63, 3.8) is 0 Å². The second-order valence-corrected chi connectivity index (χ2v) is 7.58. The number of carbonyl (C=O) groups is 2. The number of benzene rings is 1. The topological polar surface area (TPSA) is 86.1 Å². The molecular weight excluding hydrogens is 388 g/mol. The number of halogens is 1. The van der Waals surface area contributed by atoms with E-state index in [9.17, 15) is 9.59 Å². The van der Waals surface area contributed by atoms with Crippen molar-refractivity contribution in [2.45, 2.75) is 32.5 Å². The number of amides is 1. The number of rotatable bonds is 9. The number of ether oxygens (including phenoxy) is 1. The van der Waals surface area contributed by atoms with E-state index in [1.54, 1.807) is 12.1 Å². The molecule has 0 bridgehead atoms. The summed E-state index contributed by atoms with van der Waals surface area (Å²) >= 11 is 7.15. The van der Waals surface area contributed by atoms with Crippen LogP contribution in [0.25, 0.3) is 11.4 Å². The average molecular weight is 411 g/mol. The first-order chi connectivity index (χ1) is 12.9. The zero-order chi connectivity index (χ0) is 19.8. The molecule has 1 amide bonds. The molecule has 0 atom stereocenters. The quantitative estimate of drug-likeness (QED) is 0.505. The first kappa shape index (κ1) is 21.2. The highest BCUT2D eigenvalue weighted by molar-refractivity contribution is 7.99. The predicted molar refractivity (Wildman–Crippen MR) is 106 cm³/mol. The Morgan fingerprint density at radius 1 is 1.26 bits per heavy atom.